The second kappa shape index (κ2) is 7.53. The summed E-state index contributed by atoms with van der Waals surface area (Å²) in [5.41, 5.74) is 0.388. The summed E-state index contributed by atoms with van der Waals surface area (Å²) in [6.07, 6.45) is 4.21. The summed E-state index contributed by atoms with van der Waals surface area (Å²) in [4.78, 5) is 38.0. The molecule has 0 aromatic carbocycles. The minimum Gasteiger partial charge on any atom is -0.346 e. The van der Waals surface area contributed by atoms with Crippen LogP contribution in [0.15, 0.2) is 18.5 Å². The summed E-state index contributed by atoms with van der Waals surface area (Å²) < 4.78 is 1.55. The van der Waals surface area contributed by atoms with Crippen LogP contribution in [0.2, 0.25) is 0 Å². The zero-order chi connectivity index (χ0) is 19.7. The first-order valence-corrected chi connectivity index (χ1v) is 9.60. The average Bonchev–Trinajstić information content (AvgIpc) is 2.98. The van der Waals surface area contributed by atoms with Crippen molar-refractivity contribution in [2.75, 3.05) is 31.1 Å². The lowest BCUT2D eigenvalue weighted by atomic mass is 10.0. The molecule has 2 aliphatic rings. The normalized spacial score (nSPS) is 20.0. The fraction of sp³-hybridized carbons (Fsp3) is 0.556. The van der Waals surface area contributed by atoms with Crippen LogP contribution in [0.25, 0.3) is 0 Å². The third-order valence-corrected chi connectivity index (χ3v) is 5.26. The number of hydrogen-bond donors (Lipinski definition) is 1. The van der Waals surface area contributed by atoms with Gasteiger partial charge in [0.2, 0.25) is 5.95 Å². The Hall–Kier alpha value is -3.04. The molecule has 1 N–H and O–H groups in total. The molecule has 1 atom stereocenters. The van der Waals surface area contributed by atoms with Crippen molar-refractivity contribution >= 4 is 17.8 Å². The van der Waals surface area contributed by atoms with Gasteiger partial charge in [0.05, 0.1) is 12.6 Å². The van der Waals surface area contributed by atoms with Crippen molar-refractivity contribution in [3.8, 4) is 0 Å². The van der Waals surface area contributed by atoms with Crippen LogP contribution in [0.3, 0.4) is 0 Å². The van der Waals surface area contributed by atoms with E-state index in [2.05, 4.69) is 30.5 Å². The van der Waals surface area contributed by atoms with Crippen LogP contribution in [-0.4, -0.2) is 73.9 Å². The molecule has 2 aromatic rings. The van der Waals surface area contributed by atoms with Crippen LogP contribution < -0.4 is 10.2 Å². The third kappa shape index (κ3) is 3.41. The number of anilines is 1. The predicted molar refractivity (Wildman–Crippen MR) is 101 cm³/mol. The summed E-state index contributed by atoms with van der Waals surface area (Å²) in [5.74, 6) is 0.400. The Kier molecular flexibility index (Phi) is 4.93. The van der Waals surface area contributed by atoms with Gasteiger partial charge in [-0.2, -0.15) is 0 Å². The fourth-order valence-corrected chi connectivity index (χ4v) is 3.58. The van der Waals surface area contributed by atoms with Crippen molar-refractivity contribution in [3.63, 3.8) is 0 Å². The Balaban J connectivity index is 1.49. The number of hydrogen-bond acceptors (Lipinski definition) is 7. The van der Waals surface area contributed by atoms with E-state index in [4.69, 9.17) is 0 Å². The van der Waals surface area contributed by atoms with Gasteiger partial charge in [-0.15, -0.1) is 5.10 Å². The number of amides is 2. The molecule has 2 aromatic heterocycles. The fourth-order valence-electron chi connectivity index (χ4n) is 3.58. The molecule has 0 spiro atoms. The van der Waals surface area contributed by atoms with E-state index < -0.39 is 0 Å². The van der Waals surface area contributed by atoms with E-state index in [1.54, 1.807) is 28.0 Å². The number of nitrogens with zero attached hydrogens (tertiary/aromatic N) is 7. The molecule has 28 heavy (non-hydrogen) atoms. The van der Waals surface area contributed by atoms with Crippen LogP contribution in [0.5, 0.6) is 0 Å². The molecule has 0 bridgehead atoms. The number of carbonyl (C=O) groups is 2. The quantitative estimate of drug-likeness (QED) is 0.804. The molecule has 1 saturated heterocycles. The Morgan fingerprint density at radius 2 is 1.96 bits per heavy atom. The van der Waals surface area contributed by atoms with Crippen molar-refractivity contribution < 1.29 is 9.59 Å². The maximum absolute atomic E-state index is 13.1. The van der Waals surface area contributed by atoms with Crippen molar-refractivity contribution in [3.05, 3.63) is 29.8 Å². The number of rotatable bonds is 3. The first-order valence-electron chi connectivity index (χ1n) is 9.60. The van der Waals surface area contributed by atoms with E-state index in [0.29, 0.717) is 32.1 Å². The van der Waals surface area contributed by atoms with E-state index in [-0.39, 0.29) is 35.2 Å². The monoisotopic (exact) mass is 384 g/mol. The Morgan fingerprint density at radius 3 is 2.71 bits per heavy atom. The molecular formula is C18H24N8O2. The molecule has 148 valence electrons. The highest BCUT2D eigenvalue weighted by Gasteiger charge is 2.35. The molecule has 10 nitrogen and oxygen atoms in total. The molecule has 0 aliphatic carbocycles. The van der Waals surface area contributed by atoms with E-state index in [0.717, 1.165) is 13.0 Å². The molecule has 0 radical (unpaired) electrons. The van der Waals surface area contributed by atoms with Gasteiger partial charge in [-0.3, -0.25) is 9.59 Å². The summed E-state index contributed by atoms with van der Waals surface area (Å²) in [5, 5.41) is 11.1. The van der Waals surface area contributed by atoms with Crippen LogP contribution >= 0.6 is 0 Å². The lowest BCUT2D eigenvalue weighted by Gasteiger charge is -2.27. The second-order valence-corrected chi connectivity index (χ2v) is 7.47. The molecule has 10 heteroatoms. The van der Waals surface area contributed by atoms with Gasteiger partial charge in [-0.25, -0.2) is 14.6 Å². The zero-order valence-corrected chi connectivity index (χ0v) is 16.1. The number of carbonyl (C=O) groups excluding carboxylic acids is 2. The Labute approximate surface area is 162 Å². The van der Waals surface area contributed by atoms with Crippen molar-refractivity contribution in [1.82, 2.24) is 35.2 Å². The molecule has 1 fully saturated rings. The van der Waals surface area contributed by atoms with Crippen LogP contribution in [-0.2, 0) is 6.54 Å². The van der Waals surface area contributed by atoms with Gasteiger partial charge in [0.25, 0.3) is 11.8 Å². The van der Waals surface area contributed by atoms with Gasteiger partial charge in [-0.05, 0) is 18.4 Å². The highest BCUT2D eigenvalue weighted by Crippen LogP contribution is 2.18. The second-order valence-electron chi connectivity index (χ2n) is 7.47. The van der Waals surface area contributed by atoms with Crippen molar-refractivity contribution in [1.29, 1.82) is 0 Å². The summed E-state index contributed by atoms with van der Waals surface area (Å²) in [6.45, 7) is 7.10. The largest absolute Gasteiger partial charge is 0.346 e. The van der Waals surface area contributed by atoms with Gasteiger partial charge in [0.1, 0.15) is 0 Å². The highest BCUT2D eigenvalue weighted by molar-refractivity contribution is 6.05. The molecular weight excluding hydrogens is 360 g/mol. The van der Waals surface area contributed by atoms with Gasteiger partial charge in [0, 0.05) is 38.6 Å². The first-order chi connectivity index (χ1) is 13.5. The lowest BCUT2D eigenvalue weighted by molar-refractivity contribution is 0.0749. The predicted octanol–water partition coefficient (Wildman–Crippen LogP) is 0.189. The topological polar surface area (TPSA) is 109 Å². The highest BCUT2D eigenvalue weighted by atomic mass is 16.2. The number of fused-ring (bicyclic) bond motifs is 1. The molecule has 0 unspecified atom stereocenters. The van der Waals surface area contributed by atoms with Crippen molar-refractivity contribution in [2.24, 2.45) is 5.92 Å². The summed E-state index contributed by atoms with van der Waals surface area (Å²) in [6, 6.07) is 1.77. The Morgan fingerprint density at radius 1 is 1.18 bits per heavy atom. The third-order valence-electron chi connectivity index (χ3n) is 5.26. The van der Waals surface area contributed by atoms with Gasteiger partial charge < -0.3 is 15.1 Å². The zero-order valence-electron chi connectivity index (χ0n) is 16.1. The average molecular weight is 384 g/mol. The number of aromatic nitrogens is 5. The maximum atomic E-state index is 13.1. The van der Waals surface area contributed by atoms with E-state index in [9.17, 15) is 9.59 Å². The minimum absolute atomic E-state index is 0.0118. The molecule has 4 rings (SSSR count). The van der Waals surface area contributed by atoms with Crippen LogP contribution in [0.4, 0.5) is 5.95 Å². The molecule has 0 saturated carbocycles. The molecule has 4 heterocycles. The van der Waals surface area contributed by atoms with Crippen LogP contribution in [0, 0.1) is 5.92 Å². The Bertz CT molecular complexity index is 866. The van der Waals surface area contributed by atoms with Gasteiger partial charge >= 0.3 is 0 Å². The molecule has 2 amide bonds. The van der Waals surface area contributed by atoms with E-state index in [1.165, 1.54) is 0 Å². The standard InChI is InChI=1S/C18H24N8O2/c1-12(2)13-11-26-15(16(27)21-13)14(22-23-26)17(28)24-7-4-8-25(10-9-24)18-19-5-3-6-20-18/h3,5-6,12-13H,4,7-11H2,1-2H3,(H,21,27)/t13-/m1/s1. The summed E-state index contributed by atoms with van der Waals surface area (Å²) >= 11 is 0. The van der Waals surface area contributed by atoms with E-state index in [1.807, 2.05) is 13.8 Å². The van der Waals surface area contributed by atoms with Gasteiger partial charge in [-0.1, -0.05) is 19.1 Å². The molecule has 2 aliphatic heterocycles. The van der Waals surface area contributed by atoms with Gasteiger partial charge in [0.15, 0.2) is 11.4 Å². The van der Waals surface area contributed by atoms with Crippen molar-refractivity contribution in [2.45, 2.75) is 32.9 Å². The number of nitrogens with one attached hydrogen (secondary N) is 1. The first kappa shape index (κ1) is 18.3. The van der Waals surface area contributed by atoms with Crippen LogP contribution in [0.1, 0.15) is 41.2 Å². The SMILES string of the molecule is CC(C)[C@H]1Cn2nnc(C(=O)N3CCCN(c4ncccn4)CC3)c2C(=O)N1. The van der Waals surface area contributed by atoms with E-state index >= 15 is 0 Å². The minimum atomic E-state index is -0.285. The lowest BCUT2D eigenvalue weighted by Crippen LogP contribution is -2.48. The smallest absolute Gasteiger partial charge is 0.276 e. The summed E-state index contributed by atoms with van der Waals surface area (Å²) in [7, 11) is 0. The maximum Gasteiger partial charge on any atom is 0.276 e.